The summed E-state index contributed by atoms with van der Waals surface area (Å²) in [7, 11) is 0. The molecule has 0 fully saturated rings. The Morgan fingerprint density at radius 2 is 1.82 bits per heavy atom. The van der Waals surface area contributed by atoms with Gasteiger partial charge in [0.05, 0.1) is 5.69 Å². The molecule has 0 unspecified atom stereocenters. The molecular formula is C22H28N4O2. The van der Waals surface area contributed by atoms with Crippen LogP contribution in [0.15, 0.2) is 24.3 Å². The molecule has 0 aliphatic carbocycles. The van der Waals surface area contributed by atoms with Gasteiger partial charge in [-0.15, -0.1) is 0 Å². The van der Waals surface area contributed by atoms with Crippen molar-refractivity contribution in [3.8, 4) is 0 Å². The minimum atomic E-state index is -0.353. The molecule has 6 nitrogen and oxygen atoms in total. The van der Waals surface area contributed by atoms with Crippen LogP contribution < -0.4 is 10.2 Å². The number of aryl methyl sites for hydroxylation is 1. The average Bonchev–Trinajstić information content (AvgIpc) is 3.05. The van der Waals surface area contributed by atoms with Crippen molar-refractivity contribution < 1.29 is 9.59 Å². The Balaban J connectivity index is 1.73. The number of imidazole rings is 1. The van der Waals surface area contributed by atoms with Gasteiger partial charge in [0.15, 0.2) is 11.5 Å². The SMILES string of the molecule is CC(C)(C)NC(=O)c1nc(C(=O)N2CCCc3ccccc32)c2n1CCCC2. The van der Waals surface area contributed by atoms with E-state index in [4.69, 9.17) is 0 Å². The fraction of sp³-hybridized carbons (Fsp3) is 0.500. The van der Waals surface area contributed by atoms with Crippen molar-refractivity contribution in [2.45, 2.75) is 65.0 Å². The molecule has 148 valence electrons. The van der Waals surface area contributed by atoms with E-state index in [1.807, 2.05) is 48.4 Å². The summed E-state index contributed by atoms with van der Waals surface area (Å²) in [5, 5.41) is 2.99. The number of rotatable bonds is 2. The van der Waals surface area contributed by atoms with E-state index in [2.05, 4.69) is 16.4 Å². The summed E-state index contributed by atoms with van der Waals surface area (Å²) in [6.45, 7) is 7.26. The van der Waals surface area contributed by atoms with Crippen LogP contribution in [0.3, 0.4) is 0 Å². The van der Waals surface area contributed by atoms with E-state index in [0.717, 1.165) is 50.0 Å². The van der Waals surface area contributed by atoms with Crippen molar-refractivity contribution in [1.29, 1.82) is 0 Å². The topological polar surface area (TPSA) is 67.2 Å². The second-order valence-corrected chi connectivity index (χ2v) is 8.73. The fourth-order valence-corrected chi connectivity index (χ4v) is 4.16. The van der Waals surface area contributed by atoms with Gasteiger partial charge in [-0.3, -0.25) is 9.59 Å². The summed E-state index contributed by atoms with van der Waals surface area (Å²) in [5.74, 6) is 0.0552. The third kappa shape index (κ3) is 3.43. The molecule has 2 aromatic rings. The molecule has 28 heavy (non-hydrogen) atoms. The molecule has 2 amide bonds. The number of benzene rings is 1. The smallest absolute Gasteiger partial charge is 0.287 e. The molecular weight excluding hydrogens is 352 g/mol. The highest BCUT2D eigenvalue weighted by atomic mass is 16.2. The van der Waals surface area contributed by atoms with Crippen molar-refractivity contribution in [2.24, 2.45) is 0 Å². The van der Waals surface area contributed by atoms with Gasteiger partial charge in [0.1, 0.15) is 0 Å². The molecule has 1 aromatic heterocycles. The number of aromatic nitrogens is 2. The molecule has 0 bridgehead atoms. The lowest BCUT2D eigenvalue weighted by Crippen LogP contribution is -2.42. The van der Waals surface area contributed by atoms with Gasteiger partial charge in [0, 0.05) is 24.3 Å². The van der Waals surface area contributed by atoms with Crippen LogP contribution in [0.5, 0.6) is 0 Å². The van der Waals surface area contributed by atoms with Crippen molar-refractivity contribution in [3.63, 3.8) is 0 Å². The number of nitrogens with zero attached hydrogens (tertiary/aromatic N) is 3. The van der Waals surface area contributed by atoms with Gasteiger partial charge in [-0.1, -0.05) is 18.2 Å². The lowest BCUT2D eigenvalue weighted by atomic mass is 10.0. The van der Waals surface area contributed by atoms with Gasteiger partial charge in [0.2, 0.25) is 0 Å². The minimum absolute atomic E-state index is 0.0902. The van der Waals surface area contributed by atoms with E-state index in [9.17, 15) is 9.59 Å². The first-order valence-electron chi connectivity index (χ1n) is 10.2. The van der Waals surface area contributed by atoms with Crippen LogP contribution in [0, 0.1) is 0 Å². The van der Waals surface area contributed by atoms with Crippen molar-refractivity contribution >= 4 is 17.5 Å². The van der Waals surface area contributed by atoms with E-state index < -0.39 is 0 Å². The molecule has 2 aliphatic heterocycles. The third-order valence-corrected chi connectivity index (χ3v) is 5.37. The predicted molar refractivity (Wildman–Crippen MR) is 109 cm³/mol. The first-order chi connectivity index (χ1) is 13.3. The van der Waals surface area contributed by atoms with Crippen molar-refractivity contribution in [1.82, 2.24) is 14.9 Å². The zero-order valence-electron chi connectivity index (χ0n) is 16.9. The van der Waals surface area contributed by atoms with E-state index in [1.54, 1.807) is 0 Å². The van der Waals surface area contributed by atoms with Crippen LogP contribution in [0.25, 0.3) is 0 Å². The maximum Gasteiger partial charge on any atom is 0.287 e. The number of carbonyl (C=O) groups is 2. The Bertz CT molecular complexity index is 923. The maximum absolute atomic E-state index is 13.5. The number of amides is 2. The Morgan fingerprint density at radius 1 is 1.04 bits per heavy atom. The Morgan fingerprint density at radius 3 is 2.61 bits per heavy atom. The molecule has 1 N–H and O–H groups in total. The lowest BCUT2D eigenvalue weighted by Gasteiger charge is -2.29. The molecule has 0 saturated heterocycles. The number of nitrogens with one attached hydrogen (secondary N) is 1. The largest absolute Gasteiger partial charge is 0.345 e. The number of carbonyl (C=O) groups excluding carboxylic acids is 2. The number of para-hydroxylation sites is 1. The second kappa shape index (κ2) is 7.08. The van der Waals surface area contributed by atoms with E-state index in [0.29, 0.717) is 18.1 Å². The number of fused-ring (bicyclic) bond motifs is 2. The Kier molecular flexibility index (Phi) is 4.73. The van der Waals surface area contributed by atoms with Gasteiger partial charge in [-0.2, -0.15) is 0 Å². The van der Waals surface area contributed by atoms with Gasteiger partial charge in [0.25, 0.3) is 11.8 Å². The van der Waals surface area contributed by atoms with E-state index in [-0.39, 0.29) is 17.4 Å². The van der Waals surface area contributed by atoms with Crippen LogP contribution in [0.2, 0.25) is 0 Å². The summed E-state index contributed by atoms with van der Waals surface area (Å²) in [4.78, 5) is 32.7. The Hall–Kier alpha value is -2.63. The van der Waals surface area contributed by atoms with Crippen LogP contribution in [0.1, 0.15) is 72.4 Å². The third-order valence-electron chi connectivity index (χ3n) is 5.37. The van der Waals surface area contributed by atoms with E-state index >= 15 is 0 Å². The highest BCUT2D eigenvalue weighted by molar-refractivity contribution is 6.07. The highest BCUT2D eigenvalue weighted by Gasteiger charge is 2.32. The normalized spacial score (nSPS) is 16.3. The van der Waals surface area contributed by atoms with Gasteiger partial charge < -0.3 is 14.8 Å². The molecule has 0 atom stereocenters. The fourth-order valence-electron chi connectivity index (χ4n) is 4.16. The highest BCUT2D eigenvalue weighted by Crippen LogP contribution is 2.30. The minimum Gasteiger partial charge on any atom is -0.345 e. The summed E-state index contributed by atoms with van der Waals surface area (Å²) >= 11 is 0. The monoisotopic (exact) mass is 380 g/mol. The van der Waals surface area contributed by atoms with Crippen LogP contribution in [-0.2, 0) is 19.4 Å². The van der Waals surface area contributed by atoms with Crippen molar-refractivity contribution in [3.05, 3.63) is 47.0 Å². The van der Waals surface area contributed by atoms with Gasteiger partial charge in [-0.25, -0.2) is 4.98 Å². The standard InChI is InChI=1S/C22H28N4O2/c1-22(2,3)24-20(27)19-23-18(17-12-6-7-13-25(17)19)21(28)26-14-8-10-15-9-4-5-11-16(15)26/h4-5,9,11H,6-8,10,12-14H2,1-3H3,(H,24,27). The summed E-state index contributed by atoms with van der Waals surface area (Å²) in [6, 6.07) is 8.07. The molecule has 0 radical (unpaired) electrons. The van der Waals surface area contributed by atoms with Crippen LogP contribution in [-0.4, -0.2) is 33.4 Å². The second-order valence-electron chi connectivity index (χ2n) is 8.73. The summed E-state index contributed by atoms with van der Waals surface area (Å²) < 4.78 is 1.95. The molecule has 6 heteroatoms. The maximum atomic E-state index is 13.5. The molecule has 1 aromatic carbocycles. The zero-order chi connectivity index (χ0) is 19.9. The lowest BCUT2D eigenvalue weighted by molar-refractivity contribution is 0.0903. The molecule has 0 saturated carbocycles. The molecule has 3 heterocycles. The first kappa shape index (κ1) is 18.7. The van der Waals surface area contributed by atoms with Gasteiger partial charge >= 0.3 is 0 Å². The molecule has 4 rings (SSSR count). The number of anilines is 1. The van der Waals surface area contributed by atoms with Crippen LogP contribution >= 0.6 is 0 Å². The van der Waals surface area contributed by atoms with Crippen molar-refractivity contribution in [2.75, 3.05) is 11.4 Å². The zero-order valence-corrected chi connectivity index (χ0v) is 16.9. The number of hydrogen-bond donors (Lipinski definition) is 1. The molecule has 2 aliphatic rings. The Labute approximate surface area is 165 Å². The quantitative estimate of drug-likeness (QED) is 0.869. The summed E-state index contributed by atoms with van der Waals surface area (Å²) in [5.41, 5.74) is 3.15. The van der Waals surface area contributed by atoms with Crippen LogP contribution in [0.4, 0.5) is 5.69 Å². The number of hydrogen-bond acceptors (Lipinski definition) is 3. The summed E-state index contributed by atoms with van der Waals surface area (Å²) in [6.07, 6.45) is 4.73. The first-order valence-corrected chi connectivity index (χ1v) is 10.2. The molecule has 0 spiro atoms. The van der Waals surface area contributed by atoms with E-state index in [1.165, 1.54) is 5.56 Å². The predicted octanol–water partition coefficient (Wildman–Crippen LogP) is 3.34. The van der Waals surface area contributed by atoms with Gasteiger partial charge in [-0.05, 0) is 64.5 Å². The average molecular weight is 380 g/mol.